The second kappa shape index (κ2) is 4.61. The quantitative estimate of drug-likeness (QED) is 0.316. The van der Waals surface area contributed by atoms with Gasteiger partial charge < -0.3 is 0 Å². The van der Waals surface area contributed by atoms with Gasteiger partial charge in [-0.1, -0.05) is 12.1 Å². The van der Waals surface area contributed by atoms with Crippen LogP contribution in [0.3, 0.4) is 0 Å². The smallest absolute Gasteiger partial charge is 0.282 e. The van der Waals surface area contributed by atoms with Crippen LogP contribution in [0.25, 0.3) is 0 Å². The minimum atomic E-state index is -0.430. The Morgan fingerprint density at radius 3 is 2.50 bits per heavy atom. The first-order chi connectivity index (χ1) is 6.59. The highest BCUT2D eigenvalue weighted by atomic mass is 32.2. The molecule has 0 amide bonds. The van der Waals surface area contributed by atoms with Crippen molar-refractivity contribution in [3.63, 3.8) is 0 Å². The summed E-state index contributed by atoms with van der Waals surface area (Å²) in [7, 11) is 0. The molecule has 0 heterocycles. The summed E-state index contributed by atoms with van der Waals surface area (Å²) in [6.45, 7) is 0. The predicted molar refractivity (Wildman–Crippen MR) is 55.5 cm³/mol. The van der Waals surface area contributed by atoms with Crippen LogP contribution in [0.4, 0.5) is 5.69 Å². The molecule has 4 N–H and O–H groups in total. The molecule has 0 aromatic heterocycles. The van der Waals surface area contributed by atoms with Crippen molar-refractivity contribution < 1.29 is 10.3 Å². The molecule has 0 aliphatic rings. The zero-order valence-corrected chi connectivity index (χ0v) is 8.16. The van der Waals surface area contributed by atoms with Crippen LogP contribution in [0.2, 0.25) is 0 Å². The largest absolute Gasteiger partial charge is 0.300 e. The van der Waals surface area contributed by atoms with Crippen LogP contribution in [-0.4, -0.2) is 10.1 Å². The van der Waals surface area contributed by atoms with E-state index in [-0.39, 0.29) is 5.69 Å². The summed E-state index contributed by atoms with van der Waals surface area (Å²) >= 11 is 1.30. The number of amidine groups is 1. The average molecular weight is 212 g/mol. The molecule has 0 fully saturated rings. The minimum absolute atomic E-state index is 0.0865. The third kappa shape index (κ3) is 3.06. The van der Waals surface area contributed by atoms with E-state index in [9.17, 15) is 10.1 Å². The van der Waals surface area contributed by atoms with E-state index >= 15 is 0 Å². The number of benzene rings is 1. The molecule has 1 aromatic rings. The van der Waals surface area contributed by atoms with Crippen LogP contribution in [0.5, 0.6) is 0 Å². The Labute approximate surface area is 85.0 Å². The SMILES string of the molecule is NC(=[NH2+])SCc1ccc([N+](=O)[O-])cc1. The fourth-order valence-corrected chi connectivity index (χ4v) is 1.41. The van der Waals surface area contributed by atoms with Gasteiger partial charge in [0.1, 0.15) is 0 Å². The van der Waals surface area contributed by atoms with Gasteiger partial charge in [0.05, 0.1) is 4.92 Å². The molecule has 0 saturated carbocycles. The van der Waals surface area contributed by atoms with Crippen molar-refractivity contribution in [2.24, 2.45) is 5.73 Å². The van der Waals surface area contributed by atoms with Gasteiger partial charge in [0, 0.05) is 17.9 Å². The van der Waals surface area contributed by atoms with Crippen LogP contribution in [0, 0.1) is 10.1 Å². The van der Waals surface area contributed by atoms with Gasteiger partial charge in [-0.15, -0.1) is 0 Å². The third-order valence-electron chi connectivity index (χ3n) is 1.55. The molecule has 0 aliphatic carbocycles. The standard InChI is InChI=1S/C8H9N3O2S/c9-8(10)14-5-6-1-3-7(4-2-6)11(12)13/h1-4H,5H2,(H3,9,10)/p+1. The van der Waals surface area contributed by atoms with Crippen molar-refractivity contribution in [3.8, 4) is 0 Å². The number of nitrogens with zero attached hydrogens (tertiary/aromatic N) is 1. The lowest BCUT2D eigenvalue weighted by atomic mass is 10.2. The number of thioether (sulfide) groups is 1. The maximum Gasteiger partial charge on any atom is 0.300 e. The van der Waals surface area contributed by atoms with Gasteiger partial charge >= 0.3 is 0 Å². The first-order valence-electron chi connectivity index (χ1n) is 3.83. The molecule has 0 radical (unpaired) electrons. The van der Waals surface area contributed by atoms with Crippen molar-refractivity contribution in [2.45, 2.75) is 5.75 Å². The lowest BCUT2D eigenvalue weighted by Crippen LogP contribution is -2.43. The number of rotatable bonds is 3. The lowest BCUT2D eigenvalue weighted by molar-refractivity contribution is -0.384. The number of hydrogen-bond acceptors (Lipinski definition) is 3. The zero-order chi connectivity index (χ0) is 10.6. The normalized spacial score (nSPS) is 9.71. The molecule has 74 valence electrons. The average Bonchev–Trinajstić information content (AvgIpc) is 2.15. The maximum absolute atomic E-state index is 10.3. The minimum Gasteiger partial charge on any atom is -0.282 e. The summed E-state index contributed by atoms with van der Waals surface area (Å²) in [5.74, 6) is 0.625. The van der Waals surface area contributed by atoms with Gasteiger partial charge in [-0.25, -0.2) is 0 Å². The van der Waals surface area contributed by atoms with Gasteiger partial charge in [0.25, 0.3) is 10.9 Å². The Morgan fingerprint density at radius 2 is 2.07 bits per heavy atom. The van der Waals surface area contributed by atoms with Crippen LogP contribution >= 0.6 is 11.8 Å². The van der Waals surface area contributed by atoms with Crippen molar-refractivity contribution in [2.75, 3.05) is 0 Å². The molecule has 0 aliphatic heterocycles. The Bertz CT molecular complexity index is 350. The fraction of sp³-hybridized carbons (Fsp3) is 0.125. The van der Waals surface area contributed by atoms with E-state index in [0.29, 0.717) is 10.9 Å². The first-order valence-corrected chi connectivity index (χ1v) is 4.82. The maximum atomic E-state index is 10.3. The number of hydrogen-bond donors (Lipinski definition) is 2. The first kappa shape index (κ1) is 10.5. The summed E-state index contributed by atoms with van der Waals surface area (Å²) in [6.07, 6.45) is 0. The number of nitrogens with two attached hydrogens (primary N) is 2. The van der Waals surface area contributed by atoms with Gasteiger partial charge in [-0.2, -0.15) is 0 Å². The molecule has 1 rings (SSSR count). The van der Waals surface area contributed by atoms with E-state index in [2.05, 4.69) is 0 Å². The van der Waals surface area contributed by atoms with Gasteiger partial charge in [0.2, 0.25) is 0 Å². The Kier molecular flexibility index (Phi) is 3.47. The van der Waals surface area contributed by atoms with E-state index in [1.165, 1.54) is 23.9 Å². The highest BCUT2D eigenvalue weighted by Crippen LogP contribution is 2.15. The summed E-state index contributed by atoms with van der Waals surface area (Å²) in [4.78, 5) is 9.90. The van der Waals surface area contributed by atoms with E-state index in [0.717, 1.165) is 5.56 Å². The molecule has 0 spiro atoms. The summed E-state index contributed by atoms with van der Waals surface area (Å²) in [6, 6.07) is 6.30. The highest BCUT2D eigenvalue weighted by Gasteiger charge is 2.04. The number of nitro benzene ring substituents is 1. The van der Waals surface area contributed by atoms with Crippen molar-refractivity contribution in [3.05, 3.63) is 39.9 Å². The number of non-ortho nitro benzene ring substituents is 1. The molecular formula is C8H10N3O2S+. The molecule has 1 aromatic carbocycles. The van der Waals surface area contributed by atoms with Crippen LogP contribution in [0.15, 0.2) is 24.3 Å². The summed E-state index contributed by atoms with van der Waals surface area (Å²) in [5.41, 5.74) is 6.31. The van der Waals surface area contributed by atoms with Gasteiger partial charge in [0.15, 0.2) is 0 Å². The van der Waals surface area contributed by atoms with E-state index < -0.39 is 4.92 Å². The second-order valence-corrected chi connectivity index (χ2v) is 3.66. The topological polar surface area (TPSA) is 94.8 Å². The number of nitro groups is 1. The van der Waals surface area contributed by atoms with Gasteiger partial charge in [-0.05, 0) is 17.3 Å². The van der Waals surface area contributed by atoms with E-state index in [4.69, 9.17) is 11.1 Å². The highest BCUT2D eigenvalue weighted by molar-refractivity contribution is 8.12. The summed E-state index contributed by atoms with van der Waals surface area (Å²) < 4.78 is 0. The molecule has 0 saturated heterocycles. The second-order valence-electron chi connectivity index (χ2n) is 2.61. The molecular weight excluding hydrogens is 202 g/mol. The third-order valence-corrected chi connectivity index (χ3v) is 2.36. The molecule has 0 atom stereocenters. The lowest BCUT2D eigenvalue weighted by Gasteiger charge is -1.96. The molecule has 0 bridgehead atoms. The zero-order valence-electron chi connectivity index (χ0n) is 7.34. The van der Waals surface area contributed by atoms with Crippen molar-refractivity contribution >= 4 is 22.6 Å². The predicted octanol–water partition coefficient (Wildman–Crippen LogP) is -0.0982. The van der Waals surface area contributed by atoms with Crippen molar-refractivity contribution in [1.29, 1.82) is 0 Å². The van der Waals surface area contributed by atoms with Crippen molar-refractivity contribution in [1.82, 2.24) is 0 Å². The van der Waals surface area contributed by atoms with Crippen LogP contribution < -0.4 is 11.1 Å². The molecule has 0 unspecified atom stereocenters. The molecule has 5 nitrogen and oxygen atoms in total. The Hall–Kier alpha value is -1.56. The summed E-state index contributed by atoms with van der Waals surface area (Å²) in [5, 5.41) is 15.9. The Morgan fingerprint density at radius 1 is 1.50 bits per heavy atom. The Balaban J connectivity index is 2.64. The van der Waals surface area contributed by atoms with Crippen LogP contribution in [0.1, 0.15) is 5.56 Å². The van der Waals surface area contributed by atoms with E-state index in [1.807, 2.05) is 0 Å². The molecule has 6 heteroatoms. The monoisotopic (exact) mass is 212 g/mol. The molecule has 14 heavy (non-hydrogen) atoms. The van der Waals surface area contributed by atoms with E-state index in [1.54, 1.807) is 12.1 Å². The fourth-order valence-electron chi connectivity index (χ4n) is 0.881. The van der Waals surface area contributed by atoms with Gasteiger partial charge in [-0.3, -0.25) is 21.3 Å². The van der Waals surface area contributed by atoms with Crippen LogP contribution in [-0.2, 0) is 5.75 Å².